The minimum atomic E-state index is -3.48. The molecule has 1 saturated heterocycles. The van der Waals surface area contributed by atoms with Gasteiger partial charge in [0.2, 0.25) is 5.91 Å². The number of nitrogens with one attached hydrogen (secondary N) is 2. The Morgan fingerprint density at radius 1 is 1.14 bits per heavy atom. The van der Waals surface area contributed by atoms with E-state index >= 15 is 0 Å². The number of halogens is 1. The number of amides is 1. The maximum absolute atomic E-state index is 12.6. The highest BCUT2D eigenvalue weighted by Gasteiger charge is 2.48. The van der Waals surface area contributed by atoms with Crippen molar-refractivity contribution in [3.05, 3.63) is 29.3 Å². The van der Waals surface area contributed by atoms with Gasteiger partial charge in [-0.05, 0) is 63.0 Å². The lowest BCUT2D eigenvalue weighted by Gasteiger charge is -2.34. The Balaban J connectivity index is 0.00000242. The molecule has 22 heavy (non-hydrogen) atoms. The van der Waals surface area contributed by atoms with Gasteiger partial charge in [-0.3, -0.25) is 4.79 Å². The standard InChI is InChI=1S/C15H22N2O3S.ClH/c1-11-8-12(2)10-13(9-11)17-14(18)15(21(3,19)20)4-6-16-7-5-15;/h8-10,16H,4-7H2,1-3H3,(H,17,18);1H. The molecule has 1 aliphatic heterocycles. The van der Waals surface area contributed by atoms with Crippen molar-refractivity contribution in [1.29, 1.82) is 0 Å². The van der Waals surface area contributed by atoms with Crippen molar-refractivity contribution in [3.8, 4) is 0 Å². The molecule has 1 aliphatic rings. The van der Waals surface area contributed by atoms with Crippen LogP contribution in [0.25, 0.3) is 0 Å². The van der Waals surface area contributed by atoms with Crippen LogP contribution in [-0.4, -0.2) is 38.4 Å². The molecule has 1 aromatic carbocycles. The molecule has 0 radical (unpaired) electrons. The third-order valence-corrected chi connectivity index (χ3v) is 6.03. The third kappa shape index (κ3) is 3.80. The van der Waals surface area contributed by atoms with Gasteiger partial charge < -0.3 is 10.6 Å². The monoisotopic (exact) mass is 346 g/mol. The van der Waals surface area contributed by atoms with E-state index < -0.39 is 20.5 Å². The Bertz CT molecular complexity index is 633. The molecule has 0 atom stereocenters. The van der Waals surface area contributed by atoms with E-state index in [1.165, 1.54) is 0 Å². The largest absolute Gasteiger partial charge is 0.325 e. The number of rotatable bonds is 3. The summed E-state index contributed by atoms with van der Waals surface area (Å²) in [5.41, 5.74) is 2.71. The molecule has 2 rings (SSSR count). The lowest BCUT2D eigenvalue weighted by Crippen LogP contribution is -2.55. The smallest absolute Gasteiger partial charge is 0.245 e. The van der Waals surface area contributed by atoms with Gasteiger partial charge in [-0.15, -0.1) is 12.4 Å². The second-order valence-electron chi connectivity index (χ2n) is 5.85. The number of hydrogen-bond acceptors (Lipinski definition) is 4. The van der Waals surface area contributed by atoms with Crippen molar-refractivity contribution in [1.82, 2.24) is 5.32 Å². The van der Waals surface area contributed by atoms with E-state index in [1.807, 2.05) is 32.0 Å². The van der Waals surface area contributed by atoms with Gasteiger partial charge in [0.15, 0.2) is 14.6 Å². The fourth-order valence-corrected chi connectivity index (χ4v) is 4.22. The minimum Gasteiger partial charge on any atom is -0.325 e. The van der Waals surface area contributed by atoms with Crippen molar-refractivity contribution in [3.63, 3.8) is 0 Å². The fraction of sp³-hybridized carbons (Fsp3) is 0.533. The molecular weight excluding hydrogens is 324 g/mol. The zero-order valence-corrected chi connectivity index (χ0v) is 14.7. The number of carbonyl (C=O) groups excluding carboxylic acids is 1. The number of sulfone groups is 1. The van der Waals surface area contributed by atoms with Crippen LogP contribution < -0.4 is 10.6 Å². The van der Waals surface area contributed by atoms with Gasteiger partial charge >= 0.3 is 0 Å². The Morgan fingerprint density at radius 3 is 2.09 bits per heavy atom. The zero-order chi connectivity index (χ0) is 15.7. The summed E-state index contributed by atoms with van der Waals surface area (Å²) in [6.45, 7) is 4.96. The van der Waals surface area contributed by atoms with Gasteiger partial charge in [-0.2, -0.15) is 0 Å². The molecule has 5 nitrogen and oxygen atoms in total. The lowest BCUT2D eigenvalue weighted by molar-refractivity contribution is -0.119. The number of anilines is 1. The SMILES string of the molecule is Cc1cc(C)cc(NC(=O)C2(S(C)(=O)=O)CCNCC2)c1.Cl. The van der Waals surface area contributed by atoms with Crippen LogP contribution >= 0.6 is 12.4 Å². The van der Waals surface area contributed by atoms with Crippen molar-refractivity contribution in [2.75, 3.05) is 24.7 Å². The molecule has 0 spiro atoms. The van der Waals surface area contributed by atoms with Crippen LogP contribution in [0.1, 0.15) is 24.0 Å². The van der Waals surface area contributed by atoms with Crippen LogP contribution in [0.3, 0.4) is 0 Å². The first-order valence-corrected chi connectivity index (χ1v) is 8.94. The van der Waals surface area contributed by atoms with E-state index in [4.69, 9.17) is 0 Å². The number of benzene rings is 1. The molecule has 1 amide bonds. The fourth-order valence-electron chi connectivity index (χ4n) is 2.89. The summed E-state index contributed by atoms with van der Waals surface area (Å²) < 4.78 is 23.0. The second-order valence-corrected chi connectivity index (χ2v) is 8.17. The quantitative estimate of drug-likeness (QED) is 0.875. The number of piperidine rings is 1. The first-order chi connectivity index (χ1) is 9.74. The number of aryl methyl sites for hydroxylation is 2. The van der Waals surface area contributed by atoms with Crippen LogP contribution in [0.15, 0.2) is 18.2 Å². The van der Waals surface area contributed by atoms with Crippen LogP contribution in [0.2, 0.25) is 0 Å². The molecule has 1 heterocycles. The summed E-state index contributed by atoms with van der Waals surface area (Å²) in [5, 5.41) is 5.90. The average Bonchev–Trinajstić information content (AvgIpc) is 2.37. The first-order valence-electron chi connectivity index (χ1n) is 7.05. The van der Waals surface area contributed by atoms with Gasteiger partial charge in [-0.25, -0.2) is 8.42 Å². The highest BCUT2D eigenvalue weighted by Crippen LogP contribution is 2.29. The Kier molecular flexibility index (Phi) is 6.01. The van der Waals surface area contributed by atoms with Crippen LogP contribution in [0.4, 0.5) is 5.69 Å². The zero-order valence-electron chi connectivity index (χ0n) is 13.1. The molecule has 2 N–H and O–H groups in total. The minimum absolute atomic E-state index is 0. The van der Waals surface area contributed by atoms with Crippen LogP contribution in [0.5, 0.6) is 0 Å². The normalized spacial score (nSPS) is 17.4. The van der Waals surface area contributed by atoms with Crippen molar-refractivity contribution >= 4 is 33.8 Å². The van der Waals surface area contributed by atoms with E-state index in [0.29, 0.717) is 31.6 Å². The molecule has 1 aromatic rings. The van der Waals surface area contributed by atoms with Crippen molar-refractivity contribution < 1.29 is 13.2 Å². The molecule has 0 unspecified atom stereocenters. The molecule has 0 bridgehead atoms. The van der Waals surface area contributed by atoms with Crippen molar-refractivity contribution in [2.45, 2.75) is 31.4 Å². The van der Waals surface area contributed by atoms with E-state index in [0.717, 1.165) is 17.4 Å². The van der Waals surface area contributed by atoms with Gasteiger partial charge in [0.05, 0.1) is 0 Å². The predicted octanol–water partition coefficient (Wildman–Crippen LogP) is 1.83. The summed E-state index contributed by atoms with van der Waals surface area (Å²) in [5.74, 6) is -0.420. The van der Waals surface area contributed by atoms with E-state index in [2.05, 4.69) is 10.6 Å². The van der Waals surface area contributed by atoms with E-state index in [1.54, 1.807) is 0 Å². The van der Waals surface area contributed by atoms with E-state index in [9.17, 15) is 13.2 Å². The average molecular weight is 347 g/mol. The maximum atomic E-state index is 12.6. The summed E-state index contributed by atoms with van der Waals surface area (Å²) >= 11 is 0. The van der Waals surface area contributed by atoms with E-state index in [-0.39, 0.29) is 12.4 Å². The number of hydrogen-bond donors (Lipinski definition) is 2. The summed E-state index contributed by atoms with van der Waals surface area (Å²) in [4.78, 5) is 12.6. The van der Waals surface area contributed by atoms with Crippen molar-refractivity contribution in [2.24, 2.45) is 0 Å². The molecule has 0 saturated carbocycles. The summed E-state index contributed by atoms with van der Waals surface area (Å²) in [7, 11) is -3.48. The maximum Gasteiger partial charge on any atom is 0.245 e. The molecule has 7 heteroatoms. The van der Waals surface area contributed by atoms with Gasteiger partial charge in [-0.1, -0.05) is 6.07 Å². The molecular formula is C15H23ClN2O3S. The number of carbonyl (C=O) groups is 1. The predicted molar refractivity (Wildman–Crippen MR) is 91.5 cm³/mol. The highest BCUT2D eigenvalue weighted by molar-refractivity contribution is 7.92. The highest BCUT2D eigenvalue weighted by atomic mass is 35.5. The van der Waals surface area contributed by atoms with Gasteiger partial charge in [0.25, 0.3) is 0 Å². The Labute approximate surface area is 138 Å². The molecule has 0 aromatic heterocycles. The Morgan fingerprint density at radius 2 is 1.64 bits per heavy atom. The molecule has 0 aliphatic carbocycles. The van der Waals surface area contributed by atoms with Crippen LogP contribution in [0, 0.1) is 13.8 Å². The second kappa shape index (κ2) is 6.98. The van der Waals surface area contributed by atoms with Gasteiger partial charge in [0.1, 0.15) is 0 Å². The van der Waals surface area contributed by atoms with Crippen LogP contribution in [-0.2, 0) is 14.6 Å². The lowest BCUT2D eigenvalue weighted by atomic mass is 9.95. The summed E-state index contributed by atoms with van der Waals surface area (Å²) in [6.07, 6.45) is 1.77. The third-order valence-electron chi connectivity index (χ3n) is 4.01. The first kappa shape index (κ1) is 18.9. The molecule has 124 valence electrons. The van der Waals surface area contributed by atoms with Gasteiger partial charge in [0, 0.05) is 11.9 Å². The molecule has 1 fully saturated rings. The topological polar surface area (TPSA) is 75.3 Å². The Hall–Kier alpha value is -1.11. The summed E-state index contributed by atoms with van der Waals surface area (Å²) in [6, 6.07) is 5.70.